The summed E-state index contributed by atoms with van der Waals surface area (Å²) in [7, 11) is 0. The van der Waals surface area contributed by atoms with Gasteiger partial charge in [-0.25, -0.2) is 0 Å². The molecule has 0 unspecified atom stereocenters. The molecule has 7 nitrogen and oxygen atoms in total. The molecule has 1 aromatic carbocycles. The number of nitrogens with one attached hydrogen (secondary N) is 1. The number of benzene rings is 1. The highest BCUT2D eigenvalue weighted by atomic mass is 15.5. The molecule has 2 aromatic heterocycles. The summed E-state index contributed by atoms with van der Waals surface area (Å²) >= 11 is 0. The van der Waals surface area contributed by atoms with E-state index in [2.05, 4.69) is 61.4 Å². The normalized spacial score (nSPS) is 15.2. The molecule has 0 radical (unpaired) electrons. The van der Waals surface area contributed by atoms with Gasteiger partial charge in [0.1, 0.15) is 0 Å². The molecule has 3 aromatic rings. The molecular weight excluding hydrogens is 302 g/mol. The Kier molecular flexibility index (Phi) is 4.31. The minimum absolute atomic E-state index is 0.657. The van der Waals surface area contributed by atoms with Gasteiger partial charge in [0, 0.05) is 25.6 Å². The first kappa shape index (κ1) is 15.0. The second-order valence-corrected chi connectivity index (χ2v) is 6.47. The molecule has 0 bridgehead atoms. The van der Waals surface area contributed by atoms with Crippen LogP contribution in [0, 0.1) is 5.92 Å². The average Bonchev–Trinajstić information content (AvgIpc) is 3.23. The van der Waals surface area contributed by atoms with Gasteiger partial charge in [0.15, 0.2) is 5.82 Å². The van der Waals surface area contributed by atoms with E-state index < -0.39 is 0 Å². The molecule has 7 heteroatoms. The van der Waals surface area contributed by atoms with Crippen LogP contribution in [0.2, 0.25) is 0 Å². The van der Waals surface area contributed by atoms with Crippen molar-refractivity contribution in [3.05, 3.63) is 53.1 Å². The highest BCUT2D eigenvalue weighted by Gasteiger charge is 2.17. The zero-order valence-corrected chi connectivity index (χ0v) is 13.6. The molecule has 124 valence electrons. The molecular formula is C17H21N7. The van der Waals surface area contributed by atoms with E-state index in [1.54, 1.807) is 0 Å². The Hall–Kier alpha value is -2.57. The maximum Gasteiger partial charge on any atom is 0.174 e. The highest BCUT2D eigenvalue weighted by Crippen LogP contribution is 2.25. The van der Waals surface area contributed by atoms with Crippen molar-refractivity contribution in [2.45, 2.75) is 45.1 Å². The summed E-state index contributed by atoms with van der Waals surface area (Å²) in [5.41, 5.74) is 4.01. The molecule has 24 heavy (non-hydrogen) atoms. The fourth-order valence-corrected chi connectivity index (χ4v) is 3.43. The number of aromatic amines is 1. The minimum Gasteiger partial charge on any atom is -0.252 e. The van der Waals surface area contributed by atoms with Gasteiger partial charge in [-0.15, -0.1) is 15.3 Å². The second kappa shape index (κ2) is 6.90. The molecule has 1 aliphatic carbocycles. The number of rotatable bonds is 5. The maximum atomic E-state index is 4.29. The third-order valence-corrected chi connectivity index (χ3v) is 4.79. The van der Waals surface area contributed by atoms with Crippen LogP contribution in [-0.2, 0) is 32.2 Å². The minimum atomic E-state index is 0.657. The molecule has 1 aliphatic rings. The molecule has 2 heterocycles. The number of hydrogen-bond acceptors (Lipinski definition) is 5. The quantitative estimate of drug-likeness (QED) is 0.723. The Labute approximate surface area is 140 Å². The van der Waals surface area contributed by atoms with Crippen LogP contribution in [0.5, 0.6) is 0 Å². The van der Waals surface area contributed by atoms with Crippen LogP contribution in [0.25, 0.3) is 0 Å². The zero-order chi connectivity index (χ0) is 16.2. The first-order chi connectivity index (χ1) is 11.9. The third kappa shape index (κ3) is 3.50. The van der Waals surface area contributed by atoms with E-state index in [-0.39, 0.29) is 0 Å². The van der Waals surface area contributed by atoms with Crippen molar-refractivity contribution >= 4 is 0 Å². The highest BCUT2D eigenvalue weighted by molar-refractivity contribution is 5.28. The first-order valence-corrected chi connectivity index (χ1v) is 8.55. The van der Waals surface area contributed by atoms with E-state index in [4.69, 9.17) is 0 Å². The van der Waals surface area contributed by atoms with Crippen LogP contribution >= 0.6 is 0 Å². The lowest BCUT2D eigenvalue weighted by atomic mass is 10.00. The lowest BCUT2D eigenvalue weighted by Crippen LogP contribution is -2.12. The largest absolute Gasteiger partial charge is 0.252 e. The Morgan fingerprint density at radius 2 is 1.83 bits per heavy atom. The number of aryl methyl sites for hydroxylation is 4. The predicted octanol–water partition coefficient (Wildman–Crippen LogP) is 1.77. The SMILES string of the molecule is c1ccc2c(c1)CCC(Cn1cc(CCc3nn[nH]n3)nn1)CC2. The molecule has 0 fully saturated rings. The Morgan fingerprint density at radius 1 is 1.04 bits per heavy atom. The van der Waals surface area contributed by atoms with Crippen molar-refractivity contribution in [3.63, 3.8) is 0 Å². The van der Waals surface area contributed by atoms with E-state index in [0.29, 0.717) is 11.7 Å². The van der Waals surface area contributed by atoms with Crippen LogP contribution in [0.3, 0.4) is 0 Å². The summed E-state index contributed by atoms with van der Waals surface area (Å²) < 4.78 is 1.99. The monoisotopic (exact) mass is 323 g/mol. The van der Waals surface area contributed by atoms with E-state index in [1.807, 2.05) is 4.68 Å². The van der Waals surface area contributed by atoms with Crippen LogP contribution in [0.15, 0.2) is 30.5 Å². The van der Waals surface area contributed by atoms with Gasteiger partial charge in [-0.1, -0.05) is 34.7 Å². The van der Waals surface area contributed by atoms with Gasteiger partial charge in [0.25, 0.3) is 0 Å². The van der Waals surface area contributed by atoms with Crippen molar-refractivity contribution in [1.82, 2.24) is 35.6 Å². The molecule has 0 saturated heterocycles. The standard InChI is InChI=1S/C17H21N7/c1-2-4-15-8-6-13(5-7-14(15)3-1)11-24-12-16(18-23-24)9-10-17-19-21-22-20-17/h1-4,12-13H,5-11H2,(H,19,20,21,22). The first-order valence-electron chi connectivity index (χ1n) is 8.55. The summed E-state index contributed by atoms with van der Waals surface area (Å²) in [5, 5.41) is 22.5. The number of hydrogen-bond donors (Lipinski definition) is 1. The molecule has 0 atom stereocenters. The molecule has 4 rings (SSSR count). The second-order valence-electron chi connectivity index (χ2n) is 6.47. The Balaban J connectivity index is 1.33. The zero-order valence-electron chi connectivity index (χ0n) is 13.6. The summed E-state index contributed by atoms with van der Waals surface area (Å²) in [6.07, 6.45) is 8.34. The van der Waals surface area contributed by atoms with Gasteiger partial charge in [0.05, 0.1) is 5.69 Å². The third-order valence-electron chi connectivity index (χ3n) is 4.79. The van der Waals surface area contributed by atoms with Crippen LogP contribution < -0.4 is 0 Å². The van der Waals surface area contributed by atoms with Gasteiger partial charge < -0.3 is 0 Å². The predicted molar refractivity (Wildman–Crippen MR) is 88.2 cm³/mol. The number of H-pyrrole nitrogens is 1. The summed E-state index contributed by atoms with van der Waals surface area (Å²) in [6.45, 7) is 0.948. The Morgan fingerprint density at radius 3 is 2.54 bits per heavy atom. The van der Waals surface area contributed by atoms with E-state index in [9.17, 15) is 0 Å². The number of nitrogens with zero attached hydrogens (tertiary/aromatic N) is 6. The van der Waals surface area contributed by atoms with Gasteiger partial charge in [0.2, 0.25) is 0 Å². The summed E-state index contributed by atoms with van der Waals surface area (Å²) in [5.74, 6) is 1.37. The van der Waals surface area contributed by atoms with Gasteiger partial charge in [-0.05, 0) is 42.7 Å². The summed E-state index contributed by atoms with van der Waals surface area (Å²) in [6, 6.07) is 8.83. The van der Waals surface area contributed by atoms with Gasteiger partial charge in [-0.2, -0.15) is 5.21 Å². The number of tetrazole rings is 1. The van der Waals surface area contributed by atoms with E-state index in [0.717, 1.165) is 25.1 Å². The maximum absolute atomic E-state index is 4.29. The molecule has 0 aliphatic heterocycles. The molecule has 0 saturated carbocycles. The lowest BCUT2D eigenvalue weighted by Gasteiger charge is -2.12. The average molecular weight is 323 g/mol. The van der Waals surface area contributed by atoms with E-state index >= 15 is 0 Å². The van der Waals surface area contributed by atoms with Crippen LogP contribution in [-0.4, -0.2) is 35.6 Å². The molecule has 0 spiro atoms. The van der Waals surface area contributed by atoms with Crippen molar-refractivity contribution in [3.8, 4) is 0 Å². The molecule has 1 N–H and O–H groups in total. The Bertz CT molecular complexity index is 751. The fourth-order valence-electron chi connectivity index (χ4n) is 3.43. The lowest BCUT2D eigenvalue weighted by molar-refractivity contribution is 0.373. The van der Waals surface area contributed by atoms with E-state index in [1.165, 1.54) is 36.8 Å². The fraction of sp³-hybridized carbons (Fsp3) is 0.471. The number of fused-ring (bicyclic) bond motifs is 1. The van der Waals surface area contributed by atoms with Crippen LogP contribution in [0.4, 0.5) is 0 Å². The van der Waals surface area contributed by atoms with Crippen molar-refractivity contribution < 1.29 is 0 Å². The van der Waals surface area contributed by atoms with Crippen molar-refractivity contribution in [2.75, 3.05) is 0 Å². The van der Waals surface area contributed by atoms with Gasteiger partial charge >= 0.3 is 0 Å². The number of aromatic nitrogens is 7. The van der Waals surface area contributed by atoms with Gasteiger partial charge in [-0.3, -0.25) is 4.68 Å². The van der Waals surface area contributed by atoms with Crippen molar-refractivity contribution in [1.29, 1.82) is 0 Å². The van der Waals surface area contributed by atoms with Crippen LogP contribution in [0.1, 0.15) is 35.5 Å². The smallest absolute Gasteiger partial charge is 0.174 e. The topological polar surface area (TPSA) is 85.2 Å². The van der Waals surface area contributed by atoms with Crippen molar-refractivity contribution in [2.24, 2.45) is 5.92 Å². The summed E-state index contributed by atoms with van der Waals surface area (Å²) in [4.78, 5) is 0. The molecule has 0 amide bonds.